The highest BCUT2D eigenvalue weighted by atomic mass is 32.2. The normalized spacial score (nSPS) is 43.3. The lowest BCUT2D eigenvalue weighted by Gasteiger charge is -2.60. The Bertz CT molecular complexity index is 953. The van der Waals surface area contributed by atoms with Crippen molar-refractivity contribution in [1.82, 2.24) is 0 Å². The van der Waals surface area contributed by atoms with Crippen molar-refractivity contribution in [2.24, 2.45) is 34.5 Å². The minimum atomic E-state index is -5.34. The van der Waals surface area contributed by atoms with Crippen molar-refractivity contribution in [2.75, 3.05) is 13.7 Å². The zero-order valence-corrected chi connectivity index (χ0v) is 21.0. The summed E-state index contributed by atoms with van der Waals surface area (Å²) in [5.74, 6) is 0.380. The molecule has 0 aromatic carbocycles. The Morgan fingerprint density at radius 1 is 1.14 bits per heavy atom. The molecule has 8 atom stereocenters. The van der Waals surface area contributed by atoms with Crippen molar-refractivity contribution in [3.8, 4) is 0 Å². The molecule has 202 valence electrons. The number of carbonyl (C=O) groups is 2. The fraction of sp³-hybridized carbons (Fsp3) is 0.913. The number of aliphatic hydroxyl groups is 3. The monoisotopic (exact) mass is 528 g/mol. The van der Waals surface area contributed by atoms with Gasteiger partial charge < -0.3 is 15.3 Å². The summed E-state index contributed by atoms with van der Waals surface area (Å²) in [4.78, 5) is 25.7. The Hall–Kier alpha value is -1.08. The fourth-order valence-corrected chi connectivity index (χ4v) is 7.93. The van der Waals surface area contributed by atoms with Gasteiger partial charge in [-0.15, -0.1) is 0 Å². The molecule has 0 aromatic rings. The van der Waals surface area contributed by atoms with Crippen LogP contribution in [0.15, 0.2) is 0 Å². The maximum Gasteiger partial charge on any atom is 0.523 e. The van der Waals surface area contributed by atoms with E-state index in [1.54, 1.807) is 0 Å². The molecule has 35 heavy (non-hydrogen) atoms. The average molecular weight is 529 g/mol. The van der Waals surface area contributed by atoms with Crippen LogP contribution in [-0.4, -0.2) is 66.2 Å². The second kappa shape index (κ2) is 9.34. The summed E-state index contributed by atoms with van der Waals surface area (Å²) >= 11 is 0. The van der Waals surface area contributed by atoms with Gasteiger partial charge in [-0.3, -0.25) is 13.8 Å². The van der Waals surface area contributed by atoms with Crippen LogP contribution >= 0.6 is 0 Å². The minimum Gasteiger partial charge on any atom is -0.393 e. The molecule has 4 aliphatic carbocycles. The number of ketones is 2. The van der Waals surface area contributed by atoms with Crippen LogP contribution in [-0.2, 0) is 23.9 Å². The van der Waals surface area contributed by atoms with Crippen LogP contribution in [0.3, 0.4) is 0 Å². The highest BCUT2D eigenvalue weighted by molar-refractivity contribution is 7.87. The van der Waals surface area contributed by atoms with Gasteiger partial charge in [0, 0.05) is 17.8 Å². The van der Waals surface area contributed by atoms with Gasteiger partial charge in [-0.05, 0) is 68.1 Å². The quantitative estimate of drug-likeness (QED) is 0.375. The number of fused-ring (bicyclic) bond motifs is 5. The summed E-state index contributed by atoms with van der Waals surface area (Å²) in [5.41, 5.74) is -7.71. The first-order valence-corrected chi connectivity index (χ1v) is 13.3. The van der Waals surface area contributed by atoms with Crippen LogP contribution in [0, 0.1) is 34.5 Å². The summed E-state index contributed by atoms with van der Waals surface area (Å²) in [6.45, 7) is 3.46. The molecule has 0 amide bonds. The molecule has 0 heterocycles. The van der Waals surface area contributed by atoms with Gasteiger partial charge in [0.2, 0.25) is 0 Å². The standard InChI is InChI=1S/C21H32O5.C2H3F3O3S/c1-19-7-5-13(23)9-12(19)3-4-14-15-6-8-21(26,17(25)11-22)20(15,2)10-16(24)18(14)19;1-8-9(6,7)2(3,4)5/h12-15,18,22-23,26H,3-11H2,1-2H3;1H3/t12-,13-,14+,15+,18-,19+,20+,21+;/m1./s1. The topological polar surface area (TPSA) is 138 Å². The molecule has 0 spiro atoms. The van der Waals surface area contributed by atoms with Crippen molar-refractivity contribution in [3.63, 3.8) is 0 Å². The van der Waals surface area contributed by atoms with E-state index in [4.69, 9.17) is 0 Å². The maximum atomic E-state index is 13.4. The second-order valence-electron chi connectivity index (χ2n) is 11.1. The summed E-state index contributed by atoms with van der Waals surface area (Å²) in [6.07, 6.45) is 5.47. The molecule has 4 aliphatic rings. The van der Waals surface area contributed by atoms with Gasteiger partial charge in [0.25, 0.3) is 0 Å². The van der Waals surface area contributed by atoms with Gasteiger partial charge in [-0.1, -0.05) is 13.8 Å². The molecular weight excluding hydrogens is 493 g/mol. The number of alkyl halides is 3. The fourth-order valence-electron chi connectivity index (χ4n) is 7.74. The number of rotatable bonds is 3. The Morgan fingerprint density at radius 2 is 1.77 bits per heavy atom. The first-order chi connectivity index (χ1) is 16.0. The number of carbonyl (C=O) groups excluding carboxylic acids is 2. The first kappa shape index (κ1) is 28.5. The van der Waals surface area contributed by atoms with E-state index in [0.29, 0.717) is 19.4 Å². The Morgan fingerprint density at radius 3 is 2.29 bits per heavy atom. The van der Waals surface area contributed by atoms with Crippen molar-refractivity contribution in [2.45, 2.75) is 82.4 Å². The molecule has 4 rings (SSSR count). The largest absolute Gasteiger partial charge is 0.523 e. The Labute approximate surface area is 203 Å². The molecular formula is C23H35F3O8S. The molecule has 0 aliphatic heterocycles. The van der Waals surface area contributed by atoms with E-state index in [-0.39, 0.29) is 41.5 Å². The highest BCUT2D eigenvalue weighted by Crippen LogP contribution is 2.67. The van der Waals surface area contributed by atoms with Gasteiger partial charge in [-0.25, -0.2) is 0 Å². The second-order valence-corrected chi connectivity index (χ2v) is 12.8. The van der Waals surface area contributed by atoms with E-state index in [0.717, 1.165) is 38.5 Å². The molecule has 0 aromatic heterocycles. The number of halogens is 3. The van der Waals surface area contributed by atoms with Crippen molar-refractivity contribution in [1.29, 1.82) is 0 Å². The highest BCUT2D eigenvalue weighted by Gasteiger charge is 2.68. The molecule has 0 saturated heterocycles. The Kier molecular flexibility index (Phi) is 7.60. The predicted octanol–water partition coefficient (Wildman–Crippen LogP) is 2.34. The van der Waals surface area contributed by atoms with Gasteiger partial charge in [0.15, 0.2) is 5.78 Å². The van der Waals surface area contributed by atoms with Crippen LogP contribution in [0.25, 0.3) is 0 Å². The van der Waals surface area contributed by atoms with E-state index >= 15 is 0 Å². The van der Waals surface area contributed by atoms with Crippen LogP contribution in [0.1, 0.15) is 65.2 Å². The number of aliphatic hydroxyl groups excluding tert-OH is 2. The number of hydrogen-bond acceptors (Lipinski definition) is 8. The zero-order chi connectivity index (χ0) is 26.6. The molecule has 4 saturated carbocycles. The lowest BCUT2D eigenvalue weighted by atomic mass is 9.44. The van der Waals surface area contributed by atoms with Crippen LogP contribution in [0.5, 0.6) is 0 Å². The smallest absolute Gasteiger partial charge is 0.393 e. The number of Topliss-reactive ketones (excluding diaryl/α,β-unsaturated/α-hetero) is 2. The van der Waals surface area contributed by atoms with E-state index in [1.165, 1.54) is 0 Å². The lowest BCUT2D eigenvalue weighted by Crippen LogP contribution is -2.62. The molecule has 3 N–H and O–H groups in total. The van der Waals surface area contributed by atoms with E-state index in [9.17, 15) is 46.5 Å². The third-order valence-electron chi connectivity index (χ3n) is 9.59. The lowest BCUT2D eigenvalue weighted by molar-refractivity contribution is -0.180. The molecule has 0 radical (unpaired) electrons. The average Bonchev–Trinajstić information content (AvgIpc) is 3.04. The van der Waals surface area contributed by atoms with Crippen LogP contribution < -0.4 is 0 Å². The third kappa shape index (κ3) is 4.47. The Balaban J connectivity index is 0.000000327. The number of hydrogen-bond donors (Lipinski definition) is 3. The van der Waals surface area contributed by atoms with Gasteiger partial charge in [-0.2, -0.15) is 21.6 Å². The molecule has 0 bridgehead atoms. The third-order valence-corrected chi connectivity index (χ3v) is 10.6. The first-order valence-electron chi connectivity index (χ1n) is 11.9. The van der Waals surface area contributed by atoms with E-state index in [2.05, 4.69) is 11.1 Å². The molecule has 0 unspecified atom stereocenters. The summed E-state index contributed by atoms with van der Waals surface area (Å²) < 4.78 is 55.9. The van der Waals surface area contributed by atoms with Gasteiger partial charge in [0.1, 0.15) is 18.0 Å². The van der Waals surface area contributed by atoms with Crippen LogP contribution in [0.4, 0.5) is 13.2 Å². The maximum absolute atomic E-state index is 13.4. The molecule has 4 fully saturated rings. The van der Waals surface area contributed by atoms with Gasteiger partial charge in [0.05, 0.1) is 13.2 Å². The minimum absolute atomic E-state index is 0.0154. The summed E-state index contributed by atoms with van der Waals surface area (Å²) in [7, 11) is -4.89. The van der Waals surface area contributed by atoms with Crippen molar-refractivity contribution >= 4 is 21.7 Å². The van der Waals surface area contributed by atoms with E-state index in [1.807, 2.05) is 6.92 Å². The summed E-state index contributed by atoms with van der Waals surface area (Å²) in [5, 5.41) is 30.6. The predicted molar refractivity (Wildman–Crippen MR) is 117 cm³/mol. The van der Waals surface area contributed by atoms with Gasteiger partial charge >= 0.3 is 15.6 Å². The van der Waals surface area contributed by atoms with Crippen molar-refractivity contribution in [3.05, 3.63) is 0 Å². The molecule has 12 heteroatoms. The SMILES string of the molecule is COS(=O)(=O)C(F)(F)F.C[C@]12CC[C@@H](O)C[C@H]1CC[C@@H]1[C@@H]2C(=O)C[C@@]2(C)[C@H]1CC[C@]2(O)C(=O)CO. The zero-order valence-electron chi connectivity index (χ0n) is 20.2. The summed E-state index contributed by atoms with van der Waals surface area (Å²) in [6, 6.07) is 0. The van der Waals surface area contributed by atoms with Crippen LogP contribution in [0.2, 0.25) is 0 Å². The van der Waals surface area contributed by atoms with E-state index < -0.39 is 39.0 Å². The van der Waals surface area contributed by atoms with Crippen molar-refractivity contribution < 1.29 is 50.7 Å². The molecule has 8 nitrogen and oxygen atoms in total.